The van der Waals surface area contributed by atoms with Gasteiger partial charge in [0, 0.05) is 32.8 Å². The van der Waals surface area contributed by atoms with Gasteiger partial charge in [0.1, 0.15) is 0 Å². The molecule has 0 aromatic carbocycles. The molecule has 0 spiro atoms. The van der Waals surface area contributed by atoms with Crippen LogP contribution in [0.1, 0.15) is 318 Å². The molecule has 0 aromatic rings. The smallest absolute Gasteiger partial charge is 0.199 e. The Bertz CT molecular complexity index is 857. The molecule has 0 aliphatic carbocycles. The lowest BCUT2D eigenvalue weighted by atomic mass is 10.0. The van der Waals surface area contributed by atoms with E-state index in [4.69, 9.17) is 4.52 Å². The second-order valence-corrected chi connectivity index (χ2v) is 24.8. The summed E-state index contributed by atoms with van der Waals surface area (Å²) in [5, 5.41) is 0. The fourth-order valence-electron chi connectivity index (χ4n) is 8.08. The summed E-state index contributed by atoms with van der Waals surface area (Å²) in [5.41, 5.74) is 0. The van der Waals surface area contributed by atoms with Crippen LogP contribution in [0.3, 0.4) is 0 Å². The van der Waals surface area contributed by atoms with Gasteiger partial charge in [-0.25, -0.2) is 0 Å². The number of rotatable bonds is 49. The van der Waals surface area contributed by atoms with Crippen molar-refractivity contribution in [3.63, 3.8) is 0 Å². The van der Waals surface area contributed by atoms with Gasteiger partial charge in [-0.1, -0.05) is 312 Å². The maximum absolute atomic E-state index is 11.9. The normalized spacial score (nSPS) is 13.1. The van der Waals surface area contributed by atoms with Gasteiger partial charge in [-0.3, -0.25) is 9.13 Å². The van der Waals surface area contributed by atoms with Crippen molar-refractivity contribution < 1.29 is 18.2 Å². The highest BCUT2D eigenvalue weighted by Crippen LogP contribution is 2.42. The standard InChI is InChI=1S/C49H101O2P.C4H11O2P.2CH4/c1-4-6-7-8-9-10-11-12-13-14-15-16-17-18-19-20-21-22-23-24-25-26-27-28-29-30-31-32-33-34-35-36-37-38-39-40-41-42-43-44-45-46-47-48-49-51-52(3,50)5-2;1-4-7(3,5)6-2;;/h4-49H2,1-3H3;4H2,1-3H3;2*1H4. The molecule has 0 bridgehead atoms. The van der Waals surface area contributed by atoms with Crippen LogP contribution in [0.25, 0.3) is 0 Å². The Hall–Kier alpha value is 0.380. The first-order chi connectivity index (χ1) is 28.7. The fraction of sp³-hybridized carbons (Fsp3) is 1.00. The lowest BCUT2D eigenvalue weighted by molar-refractivity contribution is 0.305. The van der Waals surface area contributed by atoms with E-state index in [2.05, 4.69) is 11.4 Å². The third-order valence-corrected chi connectivity index (χ3v) is 16.7. The molecule has 0 aliphatic heterocycles. The van der Waals surface area contributed by atoms with E-state index in [0.717, 1.165) is 6.42 Å². The Morgan fingerprint density at radius 1 is 0.279 bits per heavy atom. The van der Waals surface area contributed by atoms with E-state index < -0.39 is 14.7 Å². The molecule has 0 aliphatic rings. The second kappa shape index (κ2) is 56.5. The summed E-state index contributed by atoms with van der Waals surface area (Å²) in [6.45, 7) is 10.2. The Labute approximate surface area is 388 Å². The second-order valence-electron chi connectivity index (χ2n) is 18.9. The van der Waals surface area contributed by atoms with Gasteiger partial charge in [0.25, 0.3) is 0 Å². The molecule has 0 radical (unpaired) electrons. The van der Waals surface area contributed by atoms with Gasteiger partial charge >= 0.3 is 0 Å². The van der Waals surface area contributed by atoms with Crippen molar-refractivity contribution in [2.75, 3.05) is 39.4 Å². The molecule has 4 nitrogen and oxygen atoms in total. The molecule has 0 fully saturated rings. The van der Waals surface area contributed by atoms with Gasteiger partial charge in [0.05, 0.1) is 6.61 Å². The molecule has 61 heavy (non-hydrogen) atoms. The molecule has 0 N–H and O–H groups in total. The molecule has 0 saturated carbocycles. The van der Waals surface area contributed by atoms with Crippen LogP contribution < -0.4 is 0 Å². The zero-order chi connectivity index (χ0) is 43.6. The Morgan fingerprint density at radius 2 is 0.443 bits per heavy atom. The molecule has 6 heteroatoms. The van der Waals surface area contributed by atoms with Crippen LogP contribution in [0, 0.1) is 0 Å². The van der Waals surface area contributed by atoms with Gasteiger partial charge in [-0.15, -0.1) is 0 Å². The summed E-state index contributed by atoms with van der Waals surface area (Å²) >= 11 is 0. The van der Waals surface area contributed by atoms with Crippen LogP contribution in [-0.4, -0.2) is 39.4 Å². The first kappa shape index (κ1) is 68.0. The van der Waals surface area contributed by atoms with Crippen molar-refractivity contribution in [3.8, 4) is 0 Å². The zero-order valence-electron chi connectivity index (χ0n) is 41.8. The predicted molar refractivity (Wildman–Crippen MR) is 283 cm³/mol. The highest BCUT2D eigenvalue weighted by atomic mass is 31.2. The number of unbranched alkanes of at least 4 members (excludes halogenated alkanes) is 43. The van der Waals surface area contributed by atoms with Crippen molar-refractivity contribution in [1.82, 2.24) is 0 Å². The van der Waals surface area contributed by atoms with E-state index in [9.17, 15) is 9.13 Å². The molecular weight excluding hydrogens is 787 g/mol. The van der Waals surface area contributed by atoms with Gasteiger partial charge in [-0.2, -0.15) is 0 Å². The summed E-state index contributed by atoms with van der Waals surface area (Å²) < 4.78 is 32.8. The molecule has 0 amide bonds. The number of hydrogen-bond donors (Lipinski definition) is 0. The fourth-order valence-corrected chi connectivity index (χ4v) is 9.03. The summed E-state index contributed by atoms with van der Waals surface area (Å²) in [6, 6.07) is 0. The monoisotopic (exact) mass is 907 g/mol. The van der Waals surface area contributed by atoms with Gasteiger partial charge in [0.15, 0.2) is 14.7 Å². The highest BCUT2D eigenvalue weighted by molar-refractivity contribution is 7.58. The van der Waals surface area contributed by atoms with Gasteiger partial charge in [-0.05, 0) is 6.42 Å². The van der Waals surface area contributed by atoms with Crippen LogP contribution >= 0.6 is 14.7 Å². The molecule has 2 unspecified atom stereocenters. The predicted octanol–water partition coefficient (Wildman–Crippen LogP) is 21.9. The minimum Gasteiger partial charge on any atom is -0.332 e. The highest BCUT2D eigenvalue weighted by Gasteiger charge is 2.11. The molecule has 374 valence electrons. The summed E-state index contributed by atoms with van der Waals surface area (Å²) in [6.07, 6.45) is 65.1. The average Bonchev–Trinajstić information content (AvgIpc) is 3.23. The van der Waals surface area contributed by atoms with Crippen molar-refractivity contribution in [2.24, 2.45) is 0 Å². The van der Waals surface area contributed by atoms with Gasteiger partial charge < -0.3 is 9.05 Å². The zero-order valence-corrected chi connectivity index (χ0v) is 43.6. The van der Waals surface area contributed by atoms with E-state index in [0.29, 0.717) is 18.9 Å². The summed E-state index contributed by atoms with van der Waals surface area (Å²) in [5.74, 6) is 0. The topological polar surface area (TPSA) is 52.6 Å². The minimum atomic E-state index is -2.28. The number of hydrogen-bond acceptors (Lipinski definition) is 4. The lowest BCUT2D eigenvalue weighted by Gasteiger charge is -2.11. The van der Waals surface area contributed by atoms with Crippen LogP contribution in [0.2, 0.25) is 0 Å². The third-order valence-electron chi connectivity index (χ3n) is 12.9. The van der Waals surface area contributed by atoms with Gasteiger partial charge in [0.2, 0.25) is 0 Å². The van der Waals surface area contributed by atoms with Crippen LogP contribution in [-0.2, 0) is 18.2 Å². The maximum atomic E-state index is 11.9. The van der Waals surface area contributed by atoms with Crippen molar-refractivity contribution in [1.29, 1.82) is 0 Å². The van der Waals surface area contributed by atoms with Crippen LogP contribution in [0.5, 0.6) is 0 Å². The molecular formula is C55H120O4P2. The van der Waals surface area contributed by atoms with Crippen molar-refractivity contribution in [2.45, 2.75) is 318 Å². The lowest BCUT2D eigenvalue weighted by Crippen LogP contribution is -1.94. The maximum Gasteiger partial charge on any atom is 0.199 e. The van der Waals surface area contributed by atoms with E-state index in [1.807, 2.05) is 13.8 Å². The van der Waals surface area contributed by atoms with E-state index in [-0.39, 0.29) is 14.9 Å². The Morgan fingerprint density at radius 3 is 0.574 bits per heavy atom. The summed E-state index contributed by atoms with van der Waals surface area (Å²) in [4.78, 5) is 0. The molecule has 0 heterocycles. The Balaban J connectivity index is -0.00000165. The first-order valence-corrected chi connectivity index (χ1v) is 31.6. The molecule has 0 rings (SSSR count). The van der Waals surface area contributed by atoms with E-state index >= 15 is 0 Å². The quantitative estimate of drug-likeness (QED) is 0.0451. The van der Waals surface area contributed by atoms with E-state index in [1.165, 1.54) is 283 Å². The summed E-state index contributed by atoms with van der Waals surface area (Å²) in [7, 11) is -2.96. The van der Waals surface area contributed by atoms with Crippen LogP contribution in [0.4, 0.5) is 0 Å². The Kier molecular flexibility index (Phi) is 63.0. The minimum absolute atomic E-state index is 0. The molecule has 0 aromatic heterocycles. The average molecular weight is 908 g/mol. The van der Waals surface area contributed by atoms with E-state index in [1.54, 1.807) is 13.3 Å². The third kappa shape index (κ3) is 62.5. The van der Waals surface area contributed by atoms with Crippen LogP contribution in [0.15, 0.2) is 0 Å². The van der Waals surface area contributed by atoms with Crippen molar-refractivity contribution >= 4 is 14.7 Å². The first-order valence-electron chi connectivity index (χ1n) is 27.1. The largest absolute Gasteiger partial charge is 0.332 e. The molecule has 2 atom stereocenters. The SMILES string of the molecule is C.C.CCCCCCCCCCCCCCCCCCCCCCCCCCCCCCCCCCCCCCCCCCCCCCOP(C)(=O)CC.CCP(C)(=O)OC. The molecule has 0 saturated heterocycles. The van der Waals surface area contributed by atoms with Crippen molar-refractivity contribution in [3.05, 3.63) is 0 Å².